The highest BCUT2D eigenvalue weighted by molar-refractivity contribution is 7.08. The Bertz CT molecular complexity index is 605. The SMILES string of the molecule is C=C(C)C(=O)OCC1(COC(=O)C(=C)C)COc2cscc2OC1. The Morgan fingerprint density at radius 3 is 1.83 bits per heavy atom. The van der Waals surface area contributed by atoms with Gasteiger partial charge >= 0.3 is 11.9 Å². The number of hydrogen-bond donors (Lipinski definition) is 0. The number of carbonyl (C=O) groups excluding carboxylic acids is 2. The lowest BCUT2D eigenvalue weighted by atomic mass is 9.92. The van der Waals surface area contributed by atoms with Gasteiger partial charge in [0.2, 0.25) is 0 Å². The van der Waals surface area contributed by atoms with Crippen LogP contribution in [0.2, 0.25) is 0 Å². The summed E-state index contributed by atoms with van der Waals surface area (Å²) in [5.74, 6) is 0.219. The maximum atomic E-state index is 11.7. The van der Waals surface area contributed by atoms with E-state index in [9.17, 15) is 9.59 Å². The predicted molar refractivity (Wildman–Crippen MR) is 89.3 cm³/mol. The quantitative estimate of drug-likeness (QED) is 0.579. The molecular formula is C17H20O6S. The zero-order valence-electron chi connectivity index (χ0n) is 13.8. The van der Waals surface area contributed by atoms with E-state index in [0.717, 1.165) is 0 Å². The Morgan fingerprint density at radius 2 is 1.46 bits per heavy atom. The molecule has 24 heavy (non-hydrogen) atoms. The number of carbonyl (C=O) groups is 2. The van der Waals surface area contributed by atoms with Crippen LogP contribution in [-0.4, -0.2) is 38.4 Å². The molecule has 1 aromatic heterocycles. The molecule has 0 fully saturated rings. The van der Waals surface area contributed by atoms with Crippen molar-refractivity contribution in [2.45, 2.75) is 13.8 Å². The minimum atomic E-state index is -0.813. The zero-order valence-corrected chi connectivity index (χ0v) is 14.6. The summed E-state index contributed by atoms with van der Waals surface area (Å²) >= 11 is 1.47. The molecule has 1 aliphatic heterocycles. The molecular weight excluding hydrogens is 332 g/mol. The average Bonchev–Trinajstić information content (AvgIpc) is 2.93. The van der Waals surface area contributed by atoms with Crippen LogP contribution in [0.15, 0.2) is 35.1 Å². The van der Waals surface area contributed by atoms with Gasteiger partial charge in [0.15, 0.2) is 11.5 Å². The lowest BCUT2D eigenvalue weighted by Crippen LogP contribution is -2.43. The van der Waals surface area contributed by atoms with Crippen molar-refractivity contribution in [2.75, 3.05) is 26.4 Å². The molecule has 0 bridgehead atoms. The molecule has 0 saturated carbocycles. The second-order valence-electron chi connectivity index (χ2n) is 5.89. The molecule has 7 heteroatoms. The second kappa shape index (κ2) is 7.53. The van der Waals surface area contributed by atoms with Gasteiger partial charge in [-0.3, -0.25) is 0 Å². The number of fused-ring (bicyclic) bond motifs is 1. The summed E-state index contributed by atoms with van der Waals surface area (Å²) in [7, 11) is 0. The molecule has 0 aromatic carbocycles. The smallest absolute Gasteiger partial charge is 0.333 e. The van der Waals surface area contributed by atoms with Gasteiger partial charge in [0, 0.05) is 21.9 Å². The van der Waals surface area contributed by atoms with Crippen molar-refractivity contribution in [2.24, 2.45) is 5.41 Å². The van der Waals surface area contributed by atoms with Crippen LogP contribution in [0.25, 0.3) is 0 Å². The number of rotatable bonds is 6. The van der Waals surface area contributed by atoms with E-state index in [1.165, 1.54) is 11.3 Å². The lowest BCUT2D eigenvalue weighted by molar-refractivity contribution is -0.152. The Morgan fingerprint density at radius 1 is 1.04 bits per heavy atom. The van der Waals surface area contributed by atoms with E-state index in [1.54, 1.807) is 13.8 Å². The van der Waals surface area contributed by atoms with Gasteiger partial charge in [-0.05, 0) is 13.8 Å². The molecule has 1 aromatic rings. The van der Waals surface area contributed by atoms with E-state index < -0.39 is 17.4 Å². The molecule has 6 nitrogen and oxygen atoms in total. The van der Waals surface area contributed by atoms with Crippen molar-refractivity contribution < 1.29 is 28.5 Å². The number of ether oxygens (including phenoxy) is 4. The Balaban J connectivity index is 2.10. The van der Waals surface area contributed by atoms with Crippen LogP contribution in [0, 0.1) is 5.41 Å². The minimum Gasteiger partial charge on any atom is -0.488 e. The van der Waals surface area contributed by atoms with E-state index in [-0.39, 0.29) is 26.4 Å². The summed E-state index contributed by atoms with van der Waals surface area (Å²) in [4.78, 5) is 23.4. The van der Waals surface area contributed by atoms with E-state index in [1.807, 2.05) is 10.8 Å². The molecule has 0 atom stereocenters. The van der Waals surface area contributed by atoms with Gasteiger partial charge in [-0.25, -0.2) is 9.59 Å². The first-order valence-corrected chi connectivity index (χ1v) is 8.24. The summed E-state index contributed by atoms with van der Waals surface area (Å²) < 4.78 is 22.0. The molecule has 0 aliphatic carbocycles. The highest BCUT2D eigenvalue weighted by Gasteiger charge is 2.39. The second-order valence-corrected chi connectivity index (χ2v) is 6.63. The molecule has 2 heterocycles. The van der Waals surface area contributed by atoms with Crippen molar-refractivity contribution in [3.05, 3.63) is 35.1 Å². The molecule has 1 aliphatic rings. The summed E-state index contributed by atoms with van der Waals surface area (Å²) in [6.45, 7) is 10.6. The maximum absolute atomic E-state index is 11.7. The van der Waals surface area contributed by atoms with E-state index in [0.29, 0.717) is 22.6 Å². The van der Waals surface area contributed by atoms with Crippen LogP contribution in [0.5, 0.6) is 11.5 Å². The third kappa shape index (κ3) is 4.38. The van der Waals surface area contributed by atoms with Crippen LogP contribution in [0.4, 0.5) is 0 Å². The molecule has 2 rings (SSSR count). The van der Waals surface area contributed by atoms with Gasteiger partial charge in [0.1, 0.15) is 31.8 Å². The first kappa shape index (κ1) is 18.1. The van der Waals surface area contributed by atoms with Crippen LogP contribution in [-0.2, 0) is 19.1 Å². The summed E-state index contributed by atoms with van der Waals surface area (Å²) in [6, 6.07) is 0. The lowest BCUT2D eigenvalue weighted by Gasteiger charge is -2.29. The molecule has 0 spiro atoms. The Kier molecular flexibility index (Phi) is 5.66. The van der Waals surface area contributed by atoms with Crippen molar-refractivity contribution in [1.82, 2.24) is 0 Å². The number of esters is 2. The first-order valence-electron chi connectivity index (χ1n) is 7.30. The van der Waals surface area contributed by atoms with Crippen LogP contribution in [0.3, 0.4) is 0 Å². The van der Waals surface area contributed by atoms with Gasteiger partial charge in [0.05, 0.1) is 0 Å². The molecule has 130 valence electrons. The highest BCUT2D eigenvalue weighted by atomic mass is 32.1. The Hall–Kier alpha value is -2.28. The molecule has 0 radical (unpaired) electrons. The minimum absolute atomic E-state index is 0.0180. The zero-order chi connectivity index (χ0) is 17.7. The van der Waals surface area contributed by atoms with Crippen LogP contribution < -0.4 is 9.47 Å². The van der Waals surface area contributed by atoms with Gasteiger partial charge in [-0.2, -0.15) is 0 Å². The van der Waals surface area contributed by atoms with Crippen molar-refractivity contribution in [3.8, 4) is 11.5 Å². The number of thiophene rings is 1. The van der Waals surface area contributed by atoms with Crippen molar-refractivity contribution in [1.29, 1.82) is 0 Å². The predicted octanol–water partition coefficient (Wildman–Crippen LogP) is 2.74. The van der Waals surface area contributed by atoms with Gasteiger partial charge in [0.25, 0.3) is 0 Å². The molecule has 0 unspecified atom stereocenters. The van der Waals surface area contributed by atoms with Crippen LogP contribution in [0.1, 0.15) is 13.8 Å². The fourth-order valence-electron chi connectivity index (χ4n) is 1.88. The summed E-state index contributed by atoms with van der Waals surface area (Å²) in [5.41, 5.74) is -0.233. The maximum Gasteiger partial charge on any atom is 0.333 e. The first-order chi connectivity index (χ1) is 11.3. The third-order valence-corrected chi connectivity index (χ3v) is 4.08. The largest absolute Gasteiger partial charge is 0.488 e. The molecule has 0 saturated heterocycles. The average molecular weight is 352 g/mol. The summed E-state index contributed by atoms with van der Waals surface area (Å²) in [5, 5.41) is 3.65. The highest BCUT2D eigenvalue weighted by Crippen LogP contribution is 2.37. The fourth-order valence-corrected chi connectivity index (χ4v) is 2.56. The van der Waals surface area contributed by atoms with Gasteiger partial charge in [-0.15, -0.1) is 11.3 Å². The summed E-state index contributed by atoms with van der Waals surface area (Å²) in [6.07, 6.45) is 0. The van der Waals surface area contributed by atoms with Crippen molar-refractivity contribution in [3.63, 3.8) is 0 Å². The van der Waals surface area contributed by atoms with Crippen LogP contribution >= 0.6 is 11.3 Å². The third-order valence-electron chi connectivity index (χ3n) is 3.38. The topological polar surface area (TPSA) is 71.1 Å². The van der Waals surface area contributed by atoms with E-state index in [4.69, 9.17) is 18.9 Å². The van der Waals surface area contributed by atoms with E-state index >= 15 is 0 Å². The Labute approximate surface area is 144 Å². The number of hydrogen-bond acceptors (Lipinski definition) is 7. The fraction of sp³-hybridized carbons (Fsp3) is 0.412. The van der Waals surface area contributed by atoms with Gasteiger partial charge < -0.3 is 18.9 Å². The van der Waals surface area contributed by atoms with Gasteiger partial charge in [-0.1, -0.05) is 13.2 Å². The molecule has 0 N–H and O–H groups in total. The monoisotopic (exact) mass is 352 g/mol. The molecule has 0 amide bonds. The van der Waals surface area contributed by atoms with E-state index in [2.05, 4.69) is 13.2 Å². The van der Waals surface area contributed by atoms with Crippen molar-refractivity contribution >= 4 is 23.3 Å². The standard InChI is InChI=1S/C17H20O6S/c1-11(2)15(18)22-9-17(10-23-16(19)12(3)4)7-20-13-5-24-6-14(13)21-8-17/h5-6H,1,3,7-10H2,2,4H3. The normalized spacial score (nSPS) is 15.1.